The molecule has 1 saturated carbocycles. The molecule has 1 aromatic rings. The van der Waals surface area contributed by atoms with Crippen LogP contribution in [-0.2, 0) is 16.8 Å². The van der Waals surface area contributed by atoms with E-state index in [0.29, 0.717) is 6.10 Å². The predicted molar refractivity (Wildman–Crippen MR) is 83.6 cm³/mol. The molecule has 0 aromatic heterocycles. The molecule has 0 bridgehead atoms. The molecule has 2 nitrogen and oxygen atoms in total. The molecule has 108 valence electrons. The molecule has 1 spiro atoms. The summed E-state index contributed by atoms with van der Waals surface area (Å²) in [4.78, 5) is 0. The monoisotopic (exact) mass is 336 g/mol. The molecule has 1 fully saturated rings. The minimum atomic E-state index is -0.912. The van der Waals surface area contributed by atoms with Crippen LogP contribution in [0.1, 0.15) is 36.8 Å². The van der Waals surface area contributed by atoms with Gasteiger partial charge >= 0.3 is 0 Å². The first-order chi connectivity index (χ1) is 9.54. The Hall–Kier alpha value is -0.640. The second-order valence-electron chi connectivity index (χ2n) is 6.16. The van der Waals surface area contributed by atoms with Crippen LogP contribution < -0.4 is 0 Å². The van der Waals surface area contributed by atoms with E-state index in [1.54, 1.807) is 13.2 Å². The average molecular weight is 337 g/mol. The molecular formula is C17H21BrO2. The predicted octanol–water partition coefficient (Wildman–Crippen LogP) is 3.95. The normalized spacial score (nSPS) is 36.0. The van der Waals surface area contributed by atoms with Crippen molar-refractivity contribution in [3.8, 4) is 0 Å². The van der Waals surface area contributed by atoms with Gasteiger partial charge in [-0.05, 0) is 55.4 Å². The third-order valence-corrected chi connectivity index (χ3v) is 5.83. The summed E-state index contributed by atoms with van der Waals surface area (Å²) in [5.74, 6) is 0. The molecule has 2 aliphatic carbocycles. The molecule has 0 radical (unpaired) electrons. The highest BCUT2D eigenvalue weighted by Gasteiger charge is 2.56. The number of hydrogen-bond donors (Lipinski definition) is 1. The van der Waals surface area contributed by atoms with Gasteiger partial charge in [0.15, 0.2) is 0 Å². The van der Waals surface area contributed by atoms with Crippen LogP contribution in [0.15, 0.2) is 35.3 Å². The highest BCUT2D eigenvalue weighted by molar-refractivity contribution is 9.10. The largest absolute Gasteiger partial charge is 0.381 e. The van der Waals surface area contributed by atoms with Crippen molar-refractivity contribution >= 4 is 15.9 Å². The van der Waals surface area contributed by atoms with Crippen LogP contribution in [-0.4, -0.2) is 18.3 Å². The van der Waals surface area contributed by atoms with Gasteiger partial charge in [0, 0.05) is 17.0 Å². The molecule has 1 unspecified atom stereocenters. The van der Waals surface area contributed by atoms with Gasteiger partial charge in [-0.25, -0.2) is 0 Å². The Balaban J connectivity index is 2.01. The maximum absolute atomic E-state index is 11.3. The van der Waals surface area contributed by atoms with Gasteiger partial charge in [0.25, 0.3) is 0 Å². The lowest BCUT2D eigenvalue weighted by Gasteiger charge is -2.45. The molecule has 1 N–H and O–H groups in total. The Morgan fingerprint density at radius 2 is 2.10 bits per heavy atom. The second-order valence-corrected chi connectivity index (χ2v) is 7.08. The molecule has 1 aromatic carbocycles. The fourth-order valence-electron chi connectivity index (χ4n) is 4.11. The number of benzene rings is 1. The van der Waals surface area contributed by atoms with Crippen LogP contribution in [0.5, 0.6) is 0 Å². The van der Waals surface area contributed by atoms with Crippen LogP contribution in [0, 0.1) is 5.41 Å². The summed E-state index contributed by atoms with van der Waals surface area (Å²) in [5.41, 5.74) is 1.27. The molecule has 0 saturated heterocycles. The quantitative estimate of drug-likeness (QED) is 0.828. The van der Waals surface area contributed by atoms with Crippen LogP contribution in [0.4, 0.5) is 0 Å². The first-order valence-electron chi connectivity index (χ1n) is 7.22. The Bertz CT molecular complexity index is 532. The summed E-state index contributed by atoms with van der Waals surface area (Å²) in [6.07, 6.45) is 7.03. The molecule has 0 heterocycles. The smallest absolute Gasteiger partial charge is 0.114 e. The summed E-state index contributed by atoms with van der Waals surface area (Å²) in [5, 5.41) is 11.3. The molecule has 3 rings (SSSR count). The van der Waals surface area contributed by atoms with Gasteiger partial charge in [0.1, 0.15) is 5.60 Å². The summed E-state index contributed by atoms with van der Waals surface area (Å²) >= 11 is 3.51. The van der Waals surface area contributed by atoms with Crippen molar-refractivity contribution in [3.63, 3.8) is 0 Å². The number of ether oxygens (including phenoxy) is 1. The van der Waals surface area contributed by atoms with E-state index in [2.05, 4.69) is 34.6 Å². The van der Waals surface area contributed by atoms with Crippen molar-refractivity contribution in [2.24, 2.45) is 5.41 Å². The lowest BCUT2D eigenvalue weighted by atomic mass is 9.63. The topological polar surface area (TPSA) is 29.5 Å². The SMILES string of the molecule is C=CC1(O)c2cc(Br)ccc2C[C@]12CC[C@@H](OC)CC2. The first kappa shape index (κ1) is 14.3. The van der Waals surface area contributed by atoms with E-state index in [1.807, 2.05) is 6.07 Å². The molecule has 0 amide bonds. The van der Waals surface area contributed by atoms with Gasteiger partial charge in [-0.3, -0.25) is 0 Å². The van der Waals surface area contributed by atoms with E-state index < -0.39 is 5.60 Å². The Morgan fingerprint density at radius 3 is 2.70 bits per heavy atom. The Labute approximate surface area is 129 Å². The minimum absolute atomic E-state index is 0.104. The van der Waals surface area contributed by atoms with Crippen LogP contribution in [0.3, 0.4) is 0 Å². The maximum atomic E-state index is 11.3. The van der Waals surface area contributed by atoms with Crippen molar-refractivity contribution in [1.82, 2.24) is 0 Å². The highest BCUT2D eigenvalue weighted by atomic mass is 79.9. The molecule has 20 heavy (non-hydrogen) atoms. The standard InChI is InChI=1S/C17H21BrO2/c1-3-17(19)15-10-13(18)5-4-12(15)11-16(17)8-6-14(20-2)7-9-16/h3-5,10,14,19H,1,6-9,11H2,2H3/t14-,16-,17?. The first-order valence-corrected chi connectivity index (χ1v) is 8.02. The van der Waals surface area contributed by atoms with Crippen molar-refractivity contribution < 1.29 is 9.84 Å². The summed E-state index contributed by atoms with van der Waals surface area (Å²) in [7, 11) is 1.78. The molecule has 3 heteroatoms. The molecule has 1 atom stereocenters. The van der Waals surface area contributed by atoms with Gasteiger partial charge in [-0.15, -0.1) is 0 Å². The van der Waals surface area contributed by atoms with Crippen molar-refractivity contribution in [1.29, 1.82) is 0 Å². The van der Waals surface area contributed by atoms with Gasteiger partial charge in [0.2, 0.25) is 0 Å². The van der Waals surface area contributed by atoms with Crippen LogP contribution >= 0.6 is 15.9 Å². The van der Waals surface area contributed by atoms with E-state index in [-0.39, 0.29) is 5.41 Å². The fourth-order valence-corrected chi connectivity index (χ4v) is 4.47. The third kappa shape index (κ3) is 1.91. The number of aliphatic hydroxyl groups is 1. The van der Waals surface area contributed by atoms with Crippen LogP contribution in [0.2, 0.25) is 0 Å². The van der Waals surface area contributed by atoms with E-state index in [0.717, 1.165) is 42.1 Å². The van der Waals surface area contributed by atoms with Gasteiger partial charge < -0.3 is 9.84 Å². The molecule has 2 aliphatic rings. The van der Waals surface area contributed by atoms with Crippen molar-refractivity contribution in [2.75, 3.05) is 7.11 Å². The number of methoxy groups -OCH3 is 1. The van der Waals surface area contributed by atoms with Crippen LogP contribution in [0.25, 0.3) is 0 Å². The lowest BCUT2D eigenvalue weighted by molar-refractivity contribution is -0.0820. The number of halogens is 1. The number of fused-ring (bicyclic) bond motifs is 1. The summed E-state index contributed by atoms with van der Waals surface area (Å²) in [6.45, 7) is 3.94. The maximum Gasteiger partial charge on any atom is 0.114 e. The minimum Gasteiger partial charge on any atom is -0.381 e. The van der Waals surface area contributed by atoms with Gasteiger partial charge in [0.05, 0.1) is 6.10 Å². The van der Waals surface area contributed by atoms with Crippen molar-refractivity contribution in [2.45, 2.75) is 43.8 Å². The van der Waals surface area contributed by atoms with Crippen molar-refractivity contribution in [3.05, 3.63) is 46.5 Å². The molecular weight excluding hydrogens is 316 g/mol. The van der Waals surface area contributed by atoms with Gasteiger partial charge in [-0.2, -0.15) is 0 Å². The molecule has 0 aliphatic heterocycles. The third-order valence-electron chi connectivity index (χ3n) is 5.34. The second kappa shape index (κ2) is 4.97. The zero-order chi connectivity index (χ0) is 14.4. The fraction of sp³-hybridized carbons (Fsp3) is 0.529. The number of hydrogen-bond acceptors (Lipinski definition) is 2. The zero-order valence-electron chi connectivity index (χ0n) is 11.9. The Morgan fingerprint density at radius 1 is 1.40 bits per heavy atom. The summed E-state index contributed by atoms with van der Waals surface area (Å²) in [6, 6.07) is 6.24. The van der Waals surface area contributed by atoms with E-state index >= 15 is 0 Å². The van der Waals surface area contributed by atoms with E-state index in [4.69, 9.17) is 4.74 Å². The van der Waals surface area contributed by atoms with E-state index in [1.165, 1.54) is 5.56 Å². The average Bonchev–Trinajstić information content (AvgIpc) is 2.70. The lowest BCUT2D eigenvalue weighted by Crippen LogP contribution is -2.44. The highest BCUT2D eigenvalue weighted by Crippen LogP contribution is 2.58. The Kier molecular flexibility index (Phi) is 3.56. The van der Waals surface area contributed by atoms with E-state index in [9.17, 15) is 5.11 Å². The van der Waals surface area contributed by atoms with Gasteiger partial charge in [-0.1, -0.05) is 34.7 Å². The zero-order valence-corrected chi connectivity index (χ0v) is 13.4. The number of rotatable bonds is 2. The summed E-state index contributed by atoms with van der Waals surface area (Å²) < 4.78 is 6.49.